The summed E-state index contributed by atoms with van der Waals surface area (Å²) < 4.78 is 13.6. The molecule has 110 valence electrons. The van der Waals surface area contributed by atoms with Gasteiger partial charge in [0.15, 0.2) is 0 Å². The molecule has 0 aromatic heterocycles. The minimum atomic E-state index is -0.323. The Hall–Kier alpha value is -1.46. The lowest BCUT2D eigenvalue weighted by Crippen LogP contribution is -2.37. The molecule has 1 aromatic carbocycles. The van der Waals surface area contributed by atoms with E-state index in [1.54, 1.807) is 0 Å². The Kier molecular flexibility index (Phi) is 4.73. The monoisotopic (exact) mass is 278 g/mol. The number of hydrogen-bond donors (Lipinski definition) is 2. The molecule has 0 amide bonds. The average molecular weight is 278 g/mol. The maximum atomic E-state index is 13.6. The van der Waals surface area contributed by atoms with Gasteiger partial charge < -0.3 is 10.6 Å². The molecule has 0 bridgehead atoms. The first-order chi connectivity index (χ1) is 9.45. The summed E-state index contributed by atoms with van der Waals surface area (Å²) in [6, 6.07) is 5.19. The quantitative estimate of drug-likeness (QED) is 0.636. The molecular weight excluding hydrogens is 255 g/mol. The van der Waals surface area contributed by atoms with Crippen molar-refractivity contribution in [2.45, 2.75) is 25.4 Å². The van der Waals surface area contributed by atoms with Crippen molar-refractivity contribution < 1.29 is 4.39 Å². The number of nitrogens with two attached hydrogens (primary N) is 1. The number of rotatable bonds is 5. The van der Waals surface area contributed by atoms with Gasteiger partial charge in [-0.05, 0) is 57.2 Å². The third-order valence-electron chi connectivity index (χ3n) is 3.73. The van der Waals surface area contributed by atoms with Crippen molar-refractivity contribution in [3.8, 4) is 0 Å². The van der Waals surface area contributed by atoms with E-state index in [1.807, 2.05) is 6.07 Å². The molecule has 1 aromatic rings. The van der Waals surface area contributed by atoms with E-state index in [4.69, 9.17) is 11.1 Å². The topological polar surface area (TPSA) is 56.4 Å². The van der Waals surface area contributed by atoms with Crippen LogP contribution < -0.4 is 5.73 Å². The number of nitrogens with zero attached hydrogens (tertiary/aromatic N) is 2. The number of halogens is 1. The molecule has 1 unspecified atom stereocenters. The van der Waals surface area contributed by atoms with Gasteiger partial charge in [0, 0.05) is 24.7 Å². The molecule has 0 aliphatic carbocycles. The Bertz CT molecular complexity index is 487. The van der Waals surface area contributed by atoms with Crippen LogP contribution in [0.25, 0.3) is 0 Å². The van der Waals surface area contributed by atoms with E-state index in [2.05, 4.69) is 23.9 Å². The van der Waals surface area contributed by atoms with Crippen LogP contribution in [0.4, 0.5) is 4.39 Å². The summed E-state index contributed by atoms with van der Waals surface area (Å²) in [7, 11) is 4.15. The number of benzene rings is 1. The van der Waals surface area contributed by atoms with Crippen LogP contribution in [0.3, 0.4) is 0 Å². The molecule has 20 heavy (non-hydrogen) atoms. The lowest BCUT2D eigenvalue weighted by molar-refractivity contribution is 0.201. The average Bonchev–Trinajstić information content (AvgIpc) is 2.75. The maximum absolute atomic E-state index is 13.6. The van der Waals surface area contributed by atoms with Crippen LogP contribution in [0.15, 0.2) is 18.2 Å². The normalized spacial score (nSPS) is 19.7. The van der Waals surface area contributed by atoms with E-state index < -0.39 is 0 Å². The predicted octanol–water partition coefficient (Wildman–Crippen LogP) is 1.64. The molecule has 5 heteroatoms. The van der Waals surface area contributed by atoms with Crippen molar-refractivity contribution in [1.82, 2.24) is 9.80 Å². The standard InChI is InChI=1S/C15H23FN4/c1-19(2)10-14-4-3-5-20(14)9-11-6-12(15(17)18)8-13(16)7-11/h6-8,14H,3-5,9-10H2,1-2H3,(H3,17,18). The summed E-state index contributed by atoms with van der Waals surface area (Å²) >= 11 is 0. The highest BCUT2D eigenvalue weighted by atomic mass is 19.1. The fourth-order valence-corrected chi connectivity index (χ4v) is 2.86. The third-order valence-corrected chi connectivity index (χ3v) is 3.73. The Morgan fingerprint density at radius 2 is 2.20 bits per heavy atom. The van der Waals surface area contributed by atoms with Gasteiger partial charge in [-0.15, -0.1) is 0 Å². The molecule has 2 rings (SSSR count). The number of likely N-dealkylation sites (N-methyl/N-ethyl adjacent to an activating group) is 1. The number of amidine groups is 1. The fourth-order valence-electron chi connectivity index (χ4n) is 2.86. The van der Waals surface area contributed by atoms with E-state index in [-0.39, 0.29) is 11.7 Å². The first kappa shape index (κ1) is 14.9. The molecule has 3 N–H and O–H groups in total. The van der Waals surface area contributed by atoms with Gasteiger partial charge in [-0.25, -0.2) is 4.39 Å². The Balaban J connectivity index is 2.11. The number of hydrogen-bond acceptors (Lipinski definition) is 3. The van der Waals surface area contributed by atoms with Crippen LogP contribution in [0, 0.1) is 11.2 Å². The van der Waals surface area contributed by atoms with Crippen molar-refractivity contribution in [3.05, 3.63) is 35.1 Å². The highest BCUT2D eigenvalue weighted by Crippen LogP contribution is 2.21. The van der Waals surface area contributed by atoms with Gasteiger partial charge in [0.2, 0.25) is 0 Å². The van der Waals surface area contributed by atoms with Gasteiger partial charge in [0.1, 0.15) is 11.7 Å². The molecule has 1 fully saturated rings. The predicted molar refractivity (Wildman–Crippen MR) is 79.4 cm³/mol. The van der Waals surface area contributed by atoms with Crippen molar-refractivity contribution in [1.29, 1.82) is 5.41 Å². The van der Waals surface area contributed by atoms with E-state index in [0.717, 1.165) is 25.2 Å². The van der Waals surface area contributed by atoms with Crippen LogP contribution in [0.5, 0.6) is 0 Å². The van der Waals surface area contributed by atoms with Crippen LogP contribution in [0.2, 0.25) is 0 Å². The van der Waals surface area contributed by atoms with Gasteiger partial charge in [-0.3, -0.25) is 10.3 Å². The largest absolute Gasteiger partial charge is 0.384 e. The lowest BCUT2D eigenvalue weighted by atomic mass is 10.1. The summed E-state index contributed by atoms with van der Waals surface area (Å²) in [5, 5.41) is 7.44. The van der Waals surface area contributed by atoms with Crippen molar-refractivity contribution in [3.63, 3.8) is 0 Å². The highest BCUT2D eigenvalue weighted by molar-refractivity contribution is 5.95. The molecule has 4 nitrogen and oxygen atoms in total. The molecule has 0 spiro atoms. The van der Waals surface area contributed by atoms with E-state index >= 15 is 0 Å². The summed E-state index contributed by atoms with van der Waals surface area (Å²) in [6.07, 6.45) is 2.38. The van der Waals surface area contributed by atoms with Gasteiger partial charge in [0.05, 0.1) is 0 Å². The zero-order chi connectivity index (χ0) is 14.7. The molecule has 0 saturated carbocycles. The minimum Gasteiger partial charge on any atom is -0.384 e. The first-order valence-corrected chi connectivity index (χ1v) is 6.98. The van der Waals surface area contributed by atoms with Crippen molar-refractivity contribution in [2.24, 2.45) is 5.73 Å². The van der Waals surface area contributed by atoms with Gasteiger partial charge in [-0.2, -0.15) is 0 Å². The lowest BCUT2D eigenvalue weighted by Gasteiger charge is -2.27. The first-order valence-electron chi connectivity index (χ1n) is 6.98. The zero-order valence-corrected chi connectivity index (χ0v) is 12.2. The minimum absolute atomic E-state index is 0.0861. The highest BCUT2D eigenvalue weighted by Gasteiger charge is 2.25. The van der Waals surface area contributed by atoms with E-state index in [0.29, 0.717) is 11.6 Å². The third kappa shape index (κ3) is 3.77. The van der Waals surface area contributed by atoms with Crippen LogP contribution >= 0.6 is 0 Å². The summed E-state index contributed by atoms with van der Waals surface area (Å²) in [5.41, 5.74) is 6.80. The zero-order valence-electron chi connectivity index (χ0n) is 12.2. The van der Waals surface area contributed by atoms with Crippen LogP contribution in [0.1, 0.15) is 24.0 Å². The second-order valence-electron chi connectivity index (χ2n) is 5.79. The van der Waals surface area contributed by atoms with Gasteiger partial charge in [-0.1, -0.05) is 0 Å². The second-order valence-corrected chi connectivity index (χ2v) is 5.79. The van der Waals surface area contributed by atoms with E-state index in [1.165, 1.54) is 25.0 Å². The van der Waals surface area contributed by atoms with E-state index in [9.17, 15) is 4.39 Å². The summed E-state index contributed by atoms with van der Waals surface area (Å²) in [4.78, 5) is 4.58. The van der Waals surface area contributed by atoms with Crippen LogP contribution in [-0.2, 0) is 6.54 Å². The molecule has 0 radical (unpaired) electrons. The molecule has 1 aliphatic heterocycles. The van der Waals surface area contributed by atoms with Gasteiger partial charge in [0.25, 0.3) is 0 Å². The fraction of sp³-hybridized carbons (Fsp3) is 0.533. The maximum Gasteiger partial charge on any atom is 0.124 e. The second kappa shape index (κ2) is 6.33. The number of likely N-dealkylation sites (tertiary alicyclic amines) is 1. The summed E-state index contributed by atoms with van der Waals surface area (Å²) in [5.74, 6) is -0.409. The summed E-state index contributed by atoms with van der Waals surface area (Å²) in [6.45, 7) is 2.79. The Morgan fingerprint density at radius 1 is 1.45 bits per heavy atom. The number of nitrogen functional groups attached to an aromatic ring is 1. The molecule has 1 heterocycles. The smallest absolute Gasteiger partial charge is 0.124 e. The van der Waals surface area contributed by atoms with Gasteiger partial charge >= 0.3 is 0 Å². The van der Waals surface area contributed by atoms with Crippen LogP contribution in [-0.4, -0.2) is 48.9 Å². The Morgan fingerprint density at radius 3 is 2.85 bits per heavy atom. The van der Waals surface area contributed by atoms with Crippen molar-refractivity contribution >= 4 is 5.84 Å². The molecular formula is C15H23FN4. The number of nitrogens with one attached hydrogen (secondary N) is 1. The molecule has 1 atom stereocenters. The van der Waals surface area contributed by atoms with Crippen molar-refractivity contribution in [2.75, 3.05) is 27.2 Å². The molecule has 1 saturated heterocycles. The Labute approximate surface area is 119 Å². The SMILES string of the molecule is CN(C)CC1CCCN1Cc1cc(F)cc(C(=N)N)c1. The molecule has 1 aliphatic rings.